The summed E-state index contributed by atoms with van der Waals surface area (Å²) in [5.74, 6) is -0.129. The molecule has 60 valence electrons. The van der Waals surface area contributed by atoms with Crippen molar-refractivity contribution in [2.45, 2.75) is 5.92 Å². The lowest BCUT2D eigenvalue weighted by Crippen LogP contribution is -2.13. The van der Waals surface area contributed by atoms with Crippen LogP contribution in [0.15, 0.2) is 30.3 Å². The van der Waals surface area contributed by atoms with Crippen LogP contribution in [0.2, 0.25) is 0 Å². The zero-order valence-corrected chi connectivity index (χ0v) is 6.33. The fraction of sp³-hybridized carbons (Fsp3) is 0.333. The second-order valence-corrected chi connectivity index (χ2v) is 2.50. The quantitative estimate of drug-likeness (QED) is 0.702. The zero-order chi connectivity index (χ0) is 8.10. The average Bonchev–Trinajstić information content (AvgIpc) is 2.09. The van der Waals surface area contributed by atoms with Crippen molar-refractivity contribution in [1.29, 1.82) is 0 Å². The highest BCUT2D eigenvalue weighted by Gasteiger charge is 2.06. The summed E-state index contributed by atoms with van der Waals surface area (Å²) in [5.41, 5.74) is 6.36. The first kappa shape index (κ1) is 8.21. The molecule has 0 aromatic heterocycles. The van der Waals surface area contributed by atoms with Gasteiger partial charge in [0.25, 0.3) is 0 Å². The molecule has 1 aromatic carbocycles. The molecule has 0 saturated carbocycles. The first-order valence-corrected chi connectivity index (χ1v) is 3.69. The van der Waals surface area contributed by atoms with Crippen molar-refractivity contribution < 1.29 is 4.39 Å². The van der Waals surface area contributed by atoms with Gasteiger partial charge in [0, 0.05) is 12.5 Å². The lowest BCUT2D eigenvalue weighted by Gasteiger charge is -2.09. The van der Waals surface area contributed by atoms with Crippen molar-refractivity contribution in [3.05, 3.63) is 35.9 Å². The Morgan fingerprint density at radius 1 is 1.27 bits per heavy atom. The molecule has 0 aliphatic heterocycles. The largest absolute Gasteiger partial charge is 0.330 e. The first-order valence-electron chi connectivity index (χ1n) is 3.69. The molecule has 0 aliphatic rings. The SMILES string of the molecule is NC[C@H](CF)c1ccccc1. The normalized spacial score (nSPS) is 12.9. The maximum absolute atomic E-state index is 12.3. The fourth-order valence-electron chi connectivity index (χ4n) is 1.01. The van der Waals surface area contributed by atoms with Gasteiger partial charge in [0.1, 0.15) is 0 Å². The molecular formula is C9H12FN. The van der Waals surface area contributed by atoms with Gasteiger partial charge in [-0.2, -0.15) is 0 Å². The molecule has 0 radical (unpaired) electrons. The van der Waals surface area contributed by atoms with Crippen LogP contribution < -0.4 is 5.73 Å². The minimum Gasteiger partial charge on any atom is -0.330 e. The highest BCUT2D eigenvalue weighted by Crippen LogP contribution is 2.13. The lowest BCUT2D eigenvalue weighted by molar-refractivity contribution is 0.434. The molecule has 0 fully saturated rings. The molecule has 0 unspecified atom stereocenters. The maximum atomic E-state index is 12.3. The molecule has 1 rings (SSSR count). The van der Waals surface area contributed by atoms with E-state index in [1.54, 1.807) is 0 Å². The van der Waals surface area contributed by atoms with Gasteiger partial charge in [0.15, 0.2) is 0 Å². The topological polar surface area (TPSA) is 26.0 Å². The molecular weight excluding hydrogens is 141 g/mol. The van der Waals surface area contributed by atoms with Gasteiger partial charge in [-0.1, -0.05) is 30.3 Å². The minimum atomic E-state index is -0.374. The smallest absolute Gasteiger partial charge is 0.0975 e. The van der Waals surface area contributed by atoms with Crippen LogP contribution in [0.1, 0.15) is 11.5 Å². The van der Waals surface area contributed by atoms with E-state index in [1.807, 2.05) is 30.3 Å². The van der Waals surface area contributed by atoms with Crippen molar-refractivity contribution >= 4 is 0 Å². The predicted octanol–water partition coefficient (Wildman–Crippen LogP) is 1.70. The Morgan fingerprint density at radius 2 is 1.91 bits per heavy atom. The van der Waals surface area contributed by atoms with E-state index in [4.69, 9.17) is 5.73 Å². The highest BCUT2D eigenvalue weighted by molar-refractivity contribution is 5.19. The Morgan fingerprint density at radius 3 is 2.36 bits per heavy atom. The molecule has 0 bridgehead atoms. The summed E-state index contributed by atoms with van der Waals surface area (Å²) in [4.78, 5) is 0. The van der Waals surface area contributed by atoms with Crippen LogP contribution in [-0.2, 0) is 0 Å². The van der Waals surface area contributed by atoms with E-state index in [1.165, 1.54) is 0 Å². The summed E-state index contributed by atoms with van der Waals surface area (Å²) in [6.07, 6.45) is 0. The molecule has 1 nitrogen and oxygen atoms in total. The van der Waals surface area contributed by atoms with Crippen molar-refractivity contribution in [3.63, 3.8) is 0 Å². The van der Waals surface area contributed by atoms with E-state index in [0.29, 0.717) is 6.54 Å². The molecule has 0 aliphatic carbocycles. The summed E-state index contributed by atoms with van der Waals surface area (Å²) in [6, 6.07) is 9.50. The number of hydrogen-bond acceptors (Lipinski definition) is 1. The summed E-state index contributed by atoms with van der Waals surface area (Å²) < 4.78 is 12.3. The monoisotopic (exact) mass is 153 g/mol. The number of alkyl halides is 1. The van der Waals surface area contributed by atoms with Crippen LogP contribution in [0.3, 0.4) is 0 Å². The van der Waals surface area contributed by atoms with E-state index in [2.05, 4.69) is 0 Å². The highest BCUT2D eigenvalue weighted by atomic mass is 19.1. The number of benzene rings is 1. The van der Waals surface area contributed by atoms with Crippen LogP contribution in [0, 0.1) is 0 Å². The molecule has 0 spiro atoms. The van der Waals surface area contributed by atoms with E-state index in [-0.39, 0.29) is 12.6 Å². The Kier molecular flexibility index (Phi) is 3.05. The lowest BCUT2D eigenvalue weighted by atomic mass is 10.0. The van der Waals surface area contributed by atoms with Gasteiger partial charge in [-0.25, -0.2) is 0 Å². The van der Waals surface area contributed by atoms with Gasteiger partial charge in [-0.15, -0.1) is 0 Å². The Balaban J connectivity index is 2.74. The van der Waals surface area contributed by atoms with Crippen molar-refractivity contribution in [2.24, 2.45) is 5.73 Å². The van der Waals surface area contributed by atoms with Crippen molar-refractivity contribution in [3.8, 4) is 0 Å². The fourth-order valence-corrected chi connectivity index (χ4v) is 1.01. The van der Waals surface area contributed by atoms with Gasteiger partial charge in [0.05, 0.1) is 6.67 Å². The predicted molar refractivity (Wildman–Crippen MR) is 44.2 cm³/mol. The molecule has 1 aromatic rings. The molecule has 2 N–H and O–H groups in total. The van der Waals surface area contributed by atoms with Gasteiger partial charge in [-0.3, -0.25) is 4.39 Å². The Bertz CT molecular complexity index is 194. The number of nitrogens with two attached hydrogens (primary N) is 1. The molecule has 0 saturated heterocycles. The maximum Gasteiger partial charge on any atom is 0.0975 e. The third-order valence-electron chi connectivity index (χ3n) is 1.74. The molecule has 0 amide bonds. The van der Waals surface area contributed by atoms with Crippen LogP contribution in [0.4, 0.5) is 4.39 Å². The van der Waals surface area contributed by atoms with E-state index in [9.17, 15) is 4.39 Å². The van der Waals surface area contributed by atoms with E-state index < -0.39 is 0 Å². The summed E-state index contributed by atoms with van der Waals surface area (Å²) in [5, 5.41) is 0. The molecule has 0 heterocycles. The van der Waals surface area contributed by atoms with Crippen LogP contribution in [-0.4, -0.2) is 13.2 Å². The molecule has 1 atom stereocenters. The minimum absolute atomic E-state index is 0.129. The van der Waals surface area contributed by atoms with Crippen LogP contribution in [0.25, 0.3) is 0 Å². The summed E-state index contributed by atoms with van der Waals surface area (Å²) in [6.45, 7) is 0.00102. The van der Waals surface area contributed by atoms with Crippen LogP contribution >= 0.6 is 0 Å². The third-order valence-corrected chi connectivity index (χ3v) is 1.74. The van der Waals surface area contributed by atoms with Gasteiger partial charge < -0.3 is 5.73 Å². The van der Waals surface area contributed by atoms with Gasteiger partial charge >= 0.3 is 0 Å². The van der Waals surface area contributed by atoms with E-state index in [0.717, 1.165) is 5.56 Å². The second kappa shape index (κ2) is 4.09. The van der Waals surface area contributed by atoms with E-state index >= 15 is 0 Å². The summed E-state index contributed by atoms with van der Waals surface area (Å²) in [7, 11) is 0. The molecule has 2 heteroatoms. The Labute approximate surface area is 66.0 Å². The number of halogens is 1. The average molecular weight is 153 g/mol. The number of rotatable bonds is 3. The van der Waals surface area contributed by atoms with Crippen molar-refractivity contribution in [2.75, 3.05) is 13.2 Å². The zero-order valence-electron chi connectivity index (χ0n) is 6.33. The summed E-state index contributed by atoms with van der Waals surface area (Å²) >= 11 is 0. The second-order valence-electron chi connectivity index (χ2n) is 2.50. The van der Waals surface area contributed by atoms with Crippen molar-refractivity contribution in [1.82, 2.24) is 0 Å². The Hall–Kier alpha value is -0.890. The first-order chi connectivity index (χ1) is 5.38. The van der Waals surface area contributed by atoms with Gasteiger partial charge in [-0.05, 0) is 5.56 Å². The van der Waals surface area contributed by atoms with Gasteiger partial charge in [0.2, 0.25) is 0 Å². The standard InChI is InChI=1S/C9H12FN/c10-6-9(7-11)8-4-2-1-3-5-8/h1-5,9H,6-7,11H2/t9-/m0/s1. The molecule has 11 heavy (non-hydrogen) atoms. The van der Waals surface area contributed by atoms with Crippen LogP contribution in [0.5, 0.6) is 0 Å². The number of hydrogen-bond donors (Lipinski definition) is 1. The third kappa shape index (κ3) is 2.02.